The Kier molecular flexibility index (Phi) is 5.41. The van der Waals surface area contributed by atoms with E-state index < -0.39 is 4.92 Å². The molecule has 0 atom stereocenters. The molecule has 1 aromatic heterocycles. The predicted octanol–water partition coefficient (Wildman–Crippen LogP) is 5.83. The van der Waals surface area contributed by atoms with Crippen LogP contribution in [0.1, 0.15) is 0 Å². The predicted molar refractivity (Wildman–Crippen MR) is 103 cm³/mol. The van der Waals surface area contributed by atoms with Gasteiger partial charge < -0.3 is 10.6 Å². The molecule has 1 heterocycles. The highest BCUT2D eigenvalue weighted by Crippen LogP contribution is 2.35. The second-order valence-corrected chi connectivity index (χ2v) is 6.34. The molecule has 3 aromatic rings. The van der Waals surface area contributed by atoms with Crippen molar-refractivity contribution in [1.82, 2.24) is 9.97 Å². The molecule has 0 saturated heterocycles. The number of aromatic nitrogens is 2. The van der Waals surface area contributed by atoms with Gasteiger partial charge in [0.05, 0.1) is 15.6 Å². The molecule has 2 aromatic carbocycles. The zero-order chi connectivity index (χ0) is 18.7. The van der Waals surface area contributed by atoms with Gasteiger partial charge in [-0.15, -0.1) is 0 Å². The molecule has 0 saturated carbocycles. The Balaban J connectivity index is 1.99. The average Bonchev–Trinajstić information content (AvgIpc) is 2.57. The van der Waals surface area contributed by atoms with Crippen molar-refractivity contribution >= 4 is 63.5 Å². The number of nitrogens with one attached hydrogen (secondary N) is 2. The van der Waals surface area contributed by atoms with Gasteiger partial charge in [-0.3, -0.25) is 10.1 Å². The van der Waals surface area contributed by atoms with Gasteiger partial charge in [0.15, 0.2) is 0 Å². The number of hydrogen-bond donors (Lipinski definition) is 2. The molecule has 0 aliphatic carbocycles. The highest BCUT2D eigenvalue weighted by atomic mass is 35.5. The number of nitrogens with zero attached hydrogens (tertiary/aromatic N) is 3. The van der Waals surface area contributed by atoms with Crippen LogP contribution in [0.4, 0.5) is 28.7 Å². The van der Waals surface area contributed by atoms with E-state index >= 15 is 0 Å². The van der Waals surface area contributed by atoms with E-state index in [1.54, 1.807) is 36.4 Å². The summed E-state index contributed by atoms with van der Waals surface area (Å²) in [6.07, 6.45) is 1.20. The highest BCUT2D eigenvalue weighted by Gasteiger charge is 2.24. The fourth-order valence-corrected chi connectivity index (χ4v) is 2.80. The second-order valence-electron chi connectivity index (χ2n) is 5.06. The quantitative estimate of drug-likeness (QED) is 0.406. The maximum Gasteiger partial charge on any atom is 0.353 e. The Hall–Kier alpha value is -2.61. The zero-order valence-electron chi connectivity index (χ0n) is 12.9. The summed E-state index contributed by atoms with van der Waals surface area (Å²) in [6.45, 7) is 0. The number of anilines is 4. The Labute approximate surface area is 163 Å². The van der Waals surface area contributed by atoms with Gasteiger partial charge in [-0.05, 0) is 36.4 Å². The summed E-state index contributed by atoms with van der Waals surface area (Å²) >= 11 is 17.9. The van der Waals surface area contributed by atoms with Crippen LogP contribution >= 0.6 is 34.8 Å². The summed E-state index contributed by atoms with van der Waals surface area (Å²) in [5.41, 5.74) is 0.639. The standard InChI is InChI=1S/C16H10Cl3N5O2/c17-9-2-1-3-11(6-9)22-15-14(24(25)26)16(21-8-20-15)23-13-5-4-10(18)7-12(13)19/h1-8H,(H2,20,21,22,23). The third-order valence-corrected chi connectivity index (χ3v) is 4.06. The number of hydrogen-bond acceptors (Lipinski definition) is 6. The van der Waals surface area contributed by atoms with E-state index in [1.165, 1.54) is 12.4 Å². The molecule has 0 fully saturated rings. The Bertz CT molecular complexity index is 984. The Morgan fingerprint density at radius 1 is 0.923 bits per heavy atom. The molecule has 7 nitrogen and oxygen atoms in total. The molecular weight excluding hydrogens is 401 g/mol. The third kappa shape index (κ3) is 4.13. The SMILES string of the molecule is O=[N+]([O-])c1c(Nc2cccc(Cl)c2)ncnc1Nc1ccc(Cl)cc1Cl. The monoisotopic (exact) mass is 409 g/mol. The Morgan fingerprint density at radius 3 is 2.27 bits per heavy atom. The number of benzene rings is 2. The van der Waals surface area contributed by atoms with E-state index in [9.17, 15) is 10.1 Å². The lowest BCUT2D eigenvalue weighted by Gasteiger charge is -2.11. The van der Waals surface area contributed by atoms with Gasteiger partial charge in [-0.2, -0.15) is 0 Å². The van der Waals surface area contributed by atoms with Crippen LogP contribution in [-0.4, -0.2) is 14.9 Å². The summed E-state index contributed by atoms with van der Waals surface area (Å²) in [5, 5.41) is 18.5. The molecule has 0 aliphatic heterocycles. The van der Waals surface area contributed by atoms with E-state index in [4.69, 9.17) is 34.8 Å². The van der Waals surface area contributed by atoms with Crippen molar-refractivity contribution < 1.29 is 4.92 Å². The third-order valence-electron chi connectivity index (χ3n) is 3.28. The molecule has 3 rings (SSSR count). The average molecular weight is 411 g/mol. The van der Waals surface area contributed by atoms with Gasteiger partial charge in [0.1, 0.15) is 6.33 Å². The molecule has 26 heavy (non-hydrogen) atoms. The molecule has 0 aliphatic rings. The van der Waals surface area contributed by atoms with Crippen molar-refractivity contribution in [1.29, 1.82) is 0 Å². The summed E-state index contributed by atoms with van der Waals surface area (Å²) in [6, 6.07) is 11.5. The largest absolute Gasteiger partial charge is 0.353 e. The maximum absolute atomic E-state index is 11.6. The van der Waals surface area contributed by atoms with E-state index in [2.05, 4.69) is 20.6 Å². The molecule has 0 radical (unpaired) electrons. The van der Waals surface area contributed by atoms with Crippen LogP contribution in [0.25, 0.3) is 0 Å². The van der Waals surface area contributed by atoms with Crippen LogP contribution in [0.5, 0.6) is 0 Å². The first-order valence-corrected chi connectivity index (χ1v) is 8.31. The van der Waals surface area contributed by atoms with Crippen LogP contribution in [0.15, 0.2) is 48.8 Å². The van der Waals surface area contributed by atoms with E-state index in [0.717, 1.165) is 0 Å². The van der Waals surface area contributed by atoms with Crippen LogP contribution in [0.3, 0.4) is 0 Å². The topological polar surface area (TPSA) is 93.0 Å². The zero-order valence-corrected chi connectivity index (χ0v) is 15.2. The minimum atomic E-state index is -0.584. The van der Waals surface area contributed by atoms with Gasteiger partial charge >= 0.3 is 5.69 Å². The summed E-state index contributed by atoms with van der Waals surface area (Å²) in [7, 11) is 0. The lowest BCUT2D eigenvalue weighted by molar-refractivity contribution is -0.383. The normalized spacial score (nSPS) is 10.4. The first kappa shape index (κ1) is 18.2. The van der Waals surface area contributed by atoms with Crippen molar-refractivity contribution in [2.75, 3.05) is 10.6 Å². The molecule has 2 N–H and O–H groups in total. The minimum absolute atomic E-state index is 0.0138. The lowest BCUT2D eigenvalue weighted by Crippen LogP contribution is -2.05. The molecular formula is C16H10Cl3N5O2. The van der Waals surface area contributed by atoms with Gasteiger partial charge in [-0.25, -0.2) is 9.97 Å². The van der Waals surface area contributed by atoms with E-state index in [-0.39, 0.29) is 17.3 Å². The van der Waals surface area contributed by atoms with Crippen molar-refractivity contribution in [2.24, 2.45) is 0 Å². The molecule has 0 unspecified atom stereocenters. The molecule has 132 valence electrons. The fourth-order valence-electron chi connectivity index (χ4n) is 2.16. The highest BCUT2D eigenvalue weighted by molar-refractivity contribution is 6.36. The summed E-state index contributed by atoms with van der Waals surface area (Å²) in [4.78, 5) is 18.9. The smallest absolute Gasteiger partial charge is 0.334 e. The van der Waals surface area contributed by atoms with Crippen LogP contribution < -0.4 is 10.6 Å². The Morgan fingerprint density at radius 2 is 1.62 bits per heavy atom. The number of halogens is 3. The lowest BCUT2D eigenvalue weighted by atomic mass is 10.3. The second kappa shape index (κ2) is 7.74. The summed E-state index contributed by atoms with van der Waals surface area (Å²) < 4.78 is 0. The fraction of sp³-hybridized carbons (Fsp3) is 0. The van der Waals surface area contributed by atoms with Crippen molar-refractivity contribution in [3.05, 3.63) is 74.0 Å². The molecule has 0 amide bonds. The van der Waals surface area contributed by atoms with Gasteiger partial charge in [0.2, 0.25) is 11.6 Å². The molecule has 10 heteroatoms. The molecule has 0 spiro atoms. The van der Waals surface area contributed by atoms with E-state index in [1.807, 2.05) is 0 Å². The first-order valence-electron chi connectivity index (χ1n) is 7.18. The van der Waals surface area contributed by atoms with Crippen molar-refractivity contribution in [3.8, 4) is 0 Å². The summed E-state index contributed by atoms with van der Waals surface area (Å²) in [5.74, 6) is -0.00129. The van der Waals surface area contributed by atoms with Crippen molar-refractivity contribution in [2.45, 2.75) is 0 Å². The van der Waals surface area contributed by atoms with Crippen LogP contribution in [0, 0.1) is 10.1 Å². The van der Waals surface area contributed by atoms with Crippen molar-refractivity contribution in [3.63, 3.8) is 0 Å². The molecule has 0 bridgehead atoms. The number of rotatable bonds is 5. The van der Waals surface area contributed by atoms with Crippen LogP contribution in [-0.2, 0) is 0 Å². The number of nitro groups is 1. The van der Waals surface area contributed by atoms with Gasteiger partial charge in [-0.1, -0.05) is 40.9 Å². The minimum Gasteiger partial charge on any atom is -0.334 e. The first-order chi connectivity index (χ1) is 12.4. The maximum atomic E-state index is 11.6. The van der Waals surface area contributed by atoms with Gasteiger partial charge in [0, 0.05) is 15.7 Å². The van der Waals surface area contributed by atoms with Crippen LogP contribution in [0.2, 0.25) is 15.1 Å². The van der Waals surface area contributed by atoms with Gasteiger partial charge in [0.25, 0.3) is 0 Å². The van der Waals surface area contributed by atoms with E-state index in [0.29, 0.717) is 26.4 Å².